The fraction of sp³-hybridized carbons (Fsp3) is 0.650. The minimum absolute atomic E-state index is 0.116. The molecule has 1 saturated heterocycles. The molecule has 0 aromatic heterocycles. The van der Waals surface area contributed by atoms with Crippen LogP contribution in [0.4, 0.5) is 0 Å². The standard InChI is InChI=1S/C20H30N2O2/c1-15(18-6-7-18)12-20(24)21-13-16-2-4-17(5-3-16)14-22-10-8-19(23)9-11-22/h2-5,15,18-19,23H,6-14H2,1H3,(H,21,24). The van der Waals surface area contributed by atoms with Gasteiger partial charge in [-0.1, -0.05) is 31.2 Å². The van der Waals surface area contributed by atoms with E-state index in [1.54, 1.807) is 0 Å². The highest BCUT2D eigenvalue weighted by molar-refractivity contribution is 5.76. The van der Waals surface area contributed by atoms with Crippen molar-refractivity contribution in [3.63, 3.8) is 0 Å². The number of benzene rings is 1. The normalized spacial score (nSPS) is 20.8. The van der Waals surface area contributed by atoms with E-state index in [-0.39, 0.29) is 12.0 Å². The molecule has 4 heteroatoms. The third kappa shape index (κ3) is 5.32. The highest BCUT2D eigenvalue weighted by Crippen LogP contribution is 2.38. The molecule has 2 N–H and O–H groups in total. The lowest BCUT2D eigenvalue weighted by atomic mass is 10.0. The molecule has 1 unspecified atom stereocenters. The Balaban J connectivity index is 1.40. The Morgan fingerprint density at radius 3 is 2.42 bits per heavy atom. The molecule has 4 nitrogen and oxygen atoms in total. The summed E-state index contributed by atoms with van der Waals surface area (Å²) in [4.78, 5) is 14.4. The molecule has 1 aliphatic carbocycles. The van der Waals surface area contributed by atoms with E-state index in [9.17, 15) is 9.90 Å². The van der Waals surface area contributed by atoms with Gasteiger partial charge < -0.3 is 10.4 Å². The summed E-state index contributed by atoms with van der Waals surface area (Å²) in [5.41, 5.74) is 2.45. The average Bonchev–Trinajstić information content (AvgIpc) is 3.41. The van der Waals surface area contributed by atoms with Gasteiger partial charge in [-0.15, -0.1) is 0 Å². The summed E-state index contributed by atoms with van der Waals surface area (Å²) in [5, 5.41) is 12.6. The van der Waals surface area contributed by atoms with Gasteiger partial charge in [0.2, 0.25) is 5.91 Å². The number of carbonyl (C=O) groups excluding carboxylic acids is 1. The van der Waals surface area contributed by atoms with E-state index in [1.165, 1.54) is 18.4 Å². The van der Waals surface area contributed by atoms with Crippen LogP contribution in [0, 0.1) is 11.8 Å². The predicted octanol–water partition coefficient (Wildman–Crippen LogP) is 2.70. The molecule has 1 atom stereocenters. The molecule has 132 valence electrons. The fourth-order valence-electron chi connectivity index (χ4n) is 3.50. The van der Waals surface area contributed by atoms with Crippen LogP contribution in [0.15, 0.2) is 24.3 Å². The number of hydrogen-bond donors (Lipinski definition) is 2. The second-order valence-corrected chi connectivity index (χ2v) is 7.62. The predicted molar refractivity (Wildman–Crippen MR) is 95.3 cm³/mol. The number of nitrogens with zero attached hydrogens (tertiary/aromatic N) is 1. The number of rotatable bonds is 7. The third-order valence-electron chi connectivity index (χ3n) is 5.41. The summed E-state index contributed by atoms with van der Waals surface area (Å²) in [7, 11) is 0. The first-order chi connectivity index (χ1) is 11.6. The molecule has 1 amide bonds. The molecule has 1 aromatic carbocycles. The first-order valence-corrected chi connectivity index (χ1v) is 9.35. The number of likely N-dealkylation sites (tertiary alicyclic amines) is 1. The second kappa shape index (κ2) is 8.13. The van der Waals surface area contributed by atoms with Crippen molar-refractivity contribution in [1.29, 1.82) is 0 Å². The molecular weight excluding hydrogens is 300 g/mol. The zero-order chi connectivity index (χ0) is 16.9. The Hall–Kier alpha value is -1.39. The molecule has 1 heterocycles. The Morgan fingerprint density at radius 1 is 1.17 bits per heavy atom. The maximum atomic E-state index is 12.0. The summed E-state index contributed by atoms with van der Waals surface area (Å²) in [6.45, 7) is 5.69. The molecule has 1 aromatic rings. The Labute approximate surface area is 145 Å². The van der Waals surface area contributed by atoms with Crippen LogP contribution in [0.25, 0.3) is 0 Å². The summed E-state index contributed by atoms with van der Waals surface area (Å²) in [6, 6.07) is 8.52. The summed E-state index contributed by atoms with van der Waals surface area (Å²) < 4.78 is 0. The van der Waals surface area contributed by atoms with Crippen molar-refractivity contribution in [1.82, 2.24) is 10.2 Å². The topological polar surface area (TPSA) is 52.6 Å². The summed E-state index contributed by atoms with van der Waals surface area (Å²) in [6.07, 6.45) is 4.89. The number of nitrogens with one attached hydrogen (secondary N) is 1. The van der Waals surface area contributed by atoms with Gasteiger partial charge in [-0.2, -0.15) is 0 Å². The SMILES string of the molecule is CC(CC(=O)NCc1ccc(CN2CCC(O)CC2)cc1)C1CC1. The number of aliphatic hydroxyl groups is 1. The highest BCUT2D eigenvalue weighted by Gasteiger charge is 2.29. The minimum Gasteiger partial charge on any atom is -0.393 e. The second-order valence-electron chi connectivity index (χ2n) is 7.62. The van der Waals surface area contributed by atoms with Crippen molar-refractivity contribution in [3.05, 3.63) is 35.4 Å². The lowest BCUT2D eigenvalue weighted by Gasteiger charge is -2.29. The van der Waals surface area contributed by atoms with Crippen LogP contribution in [-0.4, -0.2) is 35.1 Å². The van der Waals surface area contributed by atoms with Crippen LogP contribution in [0.2, 0.25) is 0 Å². The van der Waals surface area contributed by atoms with Crippen LogP contribution in [0.1, 0.15) is 50.2 Å². The molecule has 0 radical (unpaired) electrons. The minimum atomic E-state index is -0.116. The number of hydrogen-bond acceptors (Lipinski definition) is 3. The molecule has 2 fully saturated rings. The maximum absolute atomic E-state index is 12.0. The molecule has 3 rings (SSSR count). The van der Waals surface area contributed by atoms with Crippen LogP contribution < -0.4 is 5.32 Å². The van der Waals surface area contributed by atoms with Gasteiger partial charge in [-0.05, 0) is 48.6 Å². The van der Waals surface area contributed by atoms with Crippen LogP contribution in [0.5, 0.6) is 0 Å². The van der Waals surface area contributed by atoms with E-state index in [2.05, 4.69) is 41.4 Å². The first-order valence-electron chi connectivity index (χ1n) is 9.35. The first kappa shape index (κ1) is 17.4. The Bertz CT molecular complexity index is 531. The smallest absolute Gasteiger partial charge is 0.220 e. The lowest BCUT2D eigenvalue weighted by molar-refractivity contribution is -0.122. The third-order valence-corrected chi connectivity index (χ3v) is 5.41. The molecule has 0 bridgehead atoms. The fourth-order valence-corrected chi connectivity index (χ4v) is 3.50. The average molecular weight is 330 g/mol. The Morgan fingerprint density at radius 2 is 1.79 bits per heavy atom. The van der Waals surface area contributed by atoms with Crippen molar-refractivity contribution in [2.75, 3.05) is 13.1 Å². The van der Waals surface area contributed by atoms with Crippen LogP contribution in [-0.2, 0) is 17.9 Å². The van der Waals surface area contributed by atoms with Gasteiger partial charge in [0.25, 0.3) is 0 Å². The largest absolute Gasteiger partial charge is 0.393 e. The van der Waals surface area contributed by atoms with Gasteiger partial charge in [0, 0.05) is 32.6 Å². The van der Waals surface area contributed by atoms with Gasteiger partial charge in [0.05, 0.1) is 6.10 Å². The van der Waals surface area contributed by atoms with Gasteiger partial charge in [-0.25, -0.2) is 0 Å². The maximum Gasteiger partial charge on any atom is 0.220 e. The van der Waals surface area contributed by atoms with E-state index in [4.69, 9.17) is 0 Å². The van der Waals surface area contributed by atoms with E-state index >= 15 is 0 Å². The van der Waals surface area contributed by atoms with Gasteiger partial charge in [-0.3, -0.25) is 9.69 Å². The van der Waals surface area contributed by atoms with E-state index in [0.29, 0.717) is 18.9 Å². The van der Waals surface area contributed by atoms with E-state index in [0.717, 1.165) is 44.0 Å². The van der Waals surface area contributed by atoms with E-state index in [1.807, 2.05) is 0 Å². The molecule has 24 heavy (non-hydrogen) atoms. The van der Waals surface area contributed by atoms with Gasteiger partial charge >= 0.3 is 0 Å². The molecular formula is C20H30N2O2. The quantitative estimate of drug-likeness (QED) is 0.808. The van der Waals surface area contributed by atoms with Crippen molar-refractivity contribution >= 4 is 5.91 Å². The highest BCUT2D eigenvalue weighted by atomic mass is 16.3. The summed E-state index contributed by atoms with van der Waals surface area (Å²) >= 11 is 0. The number of carbonyl (C=O) groups is 1. The van der Waals surface area contributed by atoms with Crippen molar-refractivity contribution in [2.45, 2.75) is 58.2 Å². The van der Waals surface area contributed by atoms with Crippen LogP contribution in [0.3, 0.4) is 0 Å². The zero-order valence-corrected chi connectivity index (χ0v) is 14.7. The van der Waals surface area contributed by atoms with Crippen LogP contribution >= 0.6 is 0 Å². The molecule has 0 spiro atoms. The number of amides is 1. The molecule has 1 saturated carbocycles. The van der Waals surface area contributed by atoms with E-state index < -0.39 is 0 Å². The van der Waals surface area contributed by atoms with Crippen molar-refractivity contribution in [3.8, 4) is 0 Å². The van der Waals surface area contributed by atoms with Crippen molar-refractivity contribution in [2.24, 2.45) is 11.8 Å². The Kier molecular flexibility index (Phi) is 5.90. The van der Waals surface area contributed by atoms with Crippen molar-refractivity contribution < 1.29 is 9.90 Å². The zero-order valence-electron chi connectivity index (χ0n) is 14.7. The monoisotopic (exact) mass is 330 g/mol. The summed E-state index contributed by atoms with van der Waals surface area (Å²) in [5.74, 6) is 1.48. The molecule has 1 aliphatic heterocycles. The molecule has 2 aliphatic rings. The number of aliphatic hydroxyl groups excluding tert-OH is 1. The van der Waals surface area contributed by atoms with Gasteiger partial charge in [0.1, 0.15) is 0 Å². The lowest BCUT2D eigenvalue weighted by Crippen LogP contribution is -2.35. The number of piperidine rings is 1. The van der Waals surface area contributed by atoms with Gasteiger partial charge in [0.15, 0.2) is 0 Å².